The fourth-order valence-corrected chi connectivity index (χ4v) is 2.28. The summed E-state index contributed by atoms with van der Waals surface area (Å²) in [6, 6.07) is 5.37. The molecule has 1 aliphatic carbocycles. The lowest BCUT2D eigenvalue weighted by Crippen LogP contribution is -2.40. The highest BCUT2D eigenvalue weighted by Gasteiger charge is 2.29. The van der Waals surface area contributed by atoms with Crippen LogP contribution in [0.3, 0.4) is 0 Å². The van der Waals surface area contributed by atoms with Crippen LogP contribution in [0.15, 0.2) is 16.6 Å². The van der Waals surface area contributed by atoms with Crippen molar-refractivity contribution in [3.8, 4) is 6.07 Å². The van der Waals surface area contributed by atoms with Crippen molar-refractivity contribution < 1.29 is 9.13 Å². The Morgan fingerprint density at radius 1 is 1.53 bits per heavy atom. The van der Waals surface area contributed by atoms with Crippen LogP contribution < -0.4 is 5.32 Å². The van der Waals surface area contributed by atoms with Crippen molar-refractivity contribution in [2.75, 3.05) is 12.4 Å². The Bertz CT molecular complexity index is 466. The van der Waals surface area contributed by atoms with Crippen molar-refractivity contribution in [3.05, 3.63) is 28.0 Å². The predicted octanol–water partition coefficient (Wildman–Crippen LogP) is 3.05. The van der Waals surface area contributed by atoms with Crippen LogP contribution >= 0.6 is 15.9 Å². The zero-order valence-electron chi connectivity index (χ0n) is 9.34. The molecule has 3 nitrogen and oxygen atoms in total. The first kappa shape index (κ1) is 12.3. The molecule has 1 aromatic rings. The van der Waals surface area contributed by atoms with E-state index in [0.717, 1.165) is 12.8 Å². The highest BCUT2D eigenvalue weighted by molar-refractivity contribution is 9.10. The molecule has 0 radical (unpaired) electrons. The van der Waals surface area contributed by atoms with E-state index in [9.17, 15) is 4.39 Å². The van der Waals surface area contributed by atoms with E-state index in [1.165, 1.54) is 0 Å². The Balaban J connectivity index is 2.08. The molecule has 0 heterocycles. The number of hydrogen-bond donors (Lipinski definition) is 1. The molecular weight excluding hydrogens is 287 g/mol. The van der Waals surface area contributed by atoms with Gasteiger partial charge in [-0.2, -0.15) is 5.26 Å². The highest BCUT2D eigenvalue weighted by Crippen LogP contribution is 2.31. The number of halogens is 2. The molecule has 1 saturated carbocycles. The average molecular weight is 299 g/mol. The quantitative estimate of drug-likeness (QED) is 0.933. The van der Waals surface area contributed by atoms with Gasteiger partial charge in [0.1, 0.15) is 6.07 Å². The van der Waals surface area contributed by atoms with Crippen LogP contribution in [-0.2, 0) is 4.74 Å². The predicted molar refractivity (Wildman–Crippen MR) is 66.3 cm³/mol. The van der Waals surface area contributed by atoms with E-state index in [0.29, 0.717) is 11.3 Å². The molecule has 2 rings (SSSR count). The maximum absolute atomic E-state index is 13.9. The third-order valence-corrected chi connectivity index (χ3v) is 3.77. The molecule has 1 fully saturated rings. The molecule has 0 atom stereocenters. The molecule has 0 amide bonds. The SMILES string of the molecule is COC1CC(Nc2ccc(C#N)c(Br)c2F)C1. The smallest absolute Gasteiger partial charge is 0.161 e. The summed E-state index contributed by atoms with van der Waals surface area (Å²) >= 11 is 3.08. The summed E-state index contributed by atoms with van der Waals surface area (Å²) < 4.78 is 19.2. The van der Waals surface area contributed by atoms with E-state index in [2.05, 4.69) is 21.2 Å². The second kappa shape index (κ2) is 5.03. The number of nitrogens with one attached hydrogen (secondary N) is 1. The lowest BCUT2D eigenvalue weighted by atomic mass is 9.89. The van der Waals surface area contributed by atoms with Crippen LogP contribution in [-0.4, -0.2) is 19.3 Å². The van der Waals surface area contributed by atoms with Gasteiger partial charge in [-0.25, -0.2) is 4.39 Å². The molecule has 0 spiro atoms. The summed E-state index contributed by atoms with van der Waals surface area (Å²) in [6.45, 7) is 0. The van der Waals surface area contributed by atoms with Gasteiger partial charge in [0.05, 0.1) is 21.8 Å². The van der Waals surface area contributed by atoms with E-state index < -0.39 is 5.82 Å². The molecule has 1 aromatic carbocycles. The molecule has 90 valence electrons. The van der Waals surface area contributed by atoms with Crippen molar-refractivity contribution in [3.63, 3.8) is 0 Å². The molecule has 5 heteroatoms. The topological polar surface area (TPSA) is 45.0 Å². The molecule has 17 heavy (non-hydrogen) atoms. The molecule has 0 bridgehead atoms. The van der Waals surface area contributed by atoms with E-state index in [-0.39, 0.29) is 16.6 Å². The number of methoxy groups -OCH3 is 1. The van der Waals surface area contributed by atoms with E-state index in [4.69, 9.17) is 10.00 Å². The number of anilines is 1. The van der Waals surface area contributed by atoms with Gasteiger partial charge in [0, 0.05) is 13.2 Å². The second-order valence-electron chi connectivity index (χ2n) is 4.07. The Morgan fingerprint density at radius 3 is 2.82 bits per heavy atom. The Labute approximate surface area is 108 Å². The van der Waals surface area contributed by atoms with Crippen LogP contribution in [0.2, 0.25) is 0 Å². The monoisotopic (exact) mass is 298 g/mol. The van der Waals surface area contributed by atoms with Crippen LogP contribution in [0.25, 0.3) is 0 Å². The fourth-order valence-electron chi connectivity index (χ4n) is 1.84. The van der Waals surface area contributed by atoms with Crippen molar-refractivity contribution in [1.82, 2.24) is 0 Å². The van der Waals surface area contributed by atoms with Crippen molar-refractivity contribution in [2.45, 2.75) is 25.0 Å². The van der Waals surface area contributed by atoms with Crippen molar-refractivity contribution in [1.29, 1.82) is 5.26 Å². The minimum absolute atomic E-state index is 0.215. The Morgan fingerprint density at radius 2 is 2.24 bits per heavy atom. The summed E-state index contributed by atoms with van der Waals surface area (Å²) in [5, 5.41) is 11.9. The molecule has 0 aromatic heterocycles. The third-order valence-electron chi connectivity index (χ3n) is 2.99. The number of hydrogen-bond acceptors (Lipinski definition) is 3. The second-order valence-corrected chi connectivity index (χ2v) is 4.86. The zero-order chi connectivity index (χ0) is 12.4. The molecule has 0 aliphatic heterocycles. The van der Waals surface area contributed by atoms with E-state index in [1.54, 1.807) is 19.2 Å². The van der Waals surface area contributed by atoms with E-state index >= 15 is 0 Å². The molecule has 0 saturated heterocycles. The van der Waals surface area contributed by atoms with Gasteiger partial charge in [0.25, 0.3) is 0 Å². The number of ether oxygens (including phenoxy) is 1. The summed E-state index contributed by atoms with van der Waals surface area (Å²) in [6.07, 6.45) is 2.04. The maximum atomic E-state index is 13.9. The number of nitriles is 1. The first-order valence-electron chi connectivity index (χ1n) is 5.33. The fraction of sp³-hybridized carbons (Fsp3) is 0.417. The van der Waals surface area contributed by atoms with Crippen molar-refractivity contribution >= 4 is 21.6 Å². The molecule has 0 unspecified atom stereocenters. The minimum atomic E-state index is -0.412. The average Bonchev–Trinajstić information content (AvgIpc) is 2.28. The van der Waals surface area contributed by atoms with Crippen molar-refractivity contribution in [2.24, 2.45) is 0 Å². The normalized spacial score (nSPS) is 22.7. The van der Waals surface area contributed by atoms with Crippen LogP contribution in [0, 0.1) is 17.1 Å². The number of nitrogens with zero attached hydrogens (tertiary/aromatic N) is 1. The van der Waals surface area contributed by atoms with Gasteiger partial charge in [-0.1, -0.05) is 0 Å². The first-order chi connectivity index (χ1) is 8.15. The lowest BCUT2D eigenvalue weighted by molar-refractivity contribution is 0.0328. The third kappa shape index (κ3) is 2.43. The standard InChI is InChI=1S/C12H12BrFN2O/c1-17-9-4-8(5-9)16-10-3-2-7(6-15)11(13)12(10)14/h2-3,8-9,16H,4-5H2,1H3. The maximum Gasteiger partial charge on any atom is 0.161 e. The summed E-state index contributed by atoms with van der Waals surface area (Å²) in [7, 11) is 1.68. The Kier molecular flexibility index (Phi) is 3.65. The number of rotatable bonds is 3. The highest BCUT2D eigenvalue weighted by atomic mass is 79.9. The van der Waals surface area contributed by atoms with Gasteiger partial charge in [0.15, 0.2) is 5.82 Å². The van der Waals surface area contributed by atoms with Gasteiger partial charge in [0.2, 0.25) is 0 Å². The summed E-state index contributed by atoms with van der Waals surface area (Å²) in [5.74, 6) is -0.412. The van der Waals surface area contributed by atoms with Crippen LogP contribution in [0.5, 0.6) is 0 Å². The van der Waals surface area contributed by atoms with Gasteiger partial charge < -0.3 is 10.1 Å². The minimum Gasteiger partial charge on any atom is -0.381 e. The summed E-state index contributed by atoms with van der Waals surface area (Å²) in [5.41, 5.74) is 0.729. The molecule has 1 N–H and O–H groups in total. The van der Waals surface area contributed by atoms with E-state index in [1.807, 2.05) is 6.07 Å². The largest absolute Gasteiger partial charge is 0.381 e. The number of benzene rings is 1. The molecular formula is C12H12BrFN2O. The zero-order valence-corrected chi connectivity index (χ0v) is 10.9. The van der Waals surface area contributed by atoms with Gasteiger partial charge in [-0.15, -0.1) is 0 Å². The van der Waals surface area contributed by atoms with Gasteiger partial charge in [-0.05, 0) is 40.9 Å². The van der Waals surface area contributed by atoms with Crippen LogP contribution in [0.4, 0.5) is 10.1 Å². The van der Waals surface area contributed by atoms with Gasteiger partial charge >= 0.3 is 0 Å². The van der Waals surface area contributed by atoms with Gasteiger partial charge in [-0.3, -0.25) is 0 Å². The lowest BCUT2D eigenvalue weighted by Gasteiger charge is -2.35. The Hall–Kier alpha value is -1.12. The first-order valence-corrected chi connectivity index (χ1v) is 6.12. The van der Waals surface area contributed by atoms with Crippen LogP contribution in [0.1, 0.15) is 18.4 Å². The molecule has 1 aliphatic rings. The summed E-state index contributed by atoms with van der Waals surface area (Å²) in [4.78, 5) is 0.